The highest BCUT2D eigenvalue weighted by Gasteiger charge is 2.20. The molecule has 7 nitrogen and oxygen atoms in total. The van der Waals surface area contributed by atoms with Gasteiger partial charge in [-0.3, -0.25) is 9.59 Å². The lowest BCUT2D eigenvalue weighted by Gasteiger charge is -2.09. The second-order valence-electron chi connectivity index (χ2n) is 7.02. The molecule has 0 spiro atoms. The van der Waals surface area contributed by atoms with Gasteiger partial charge in [0.15, 0.2) is 6.61 Å². The average molecular weight is 410 g/mol. The third-order valence-electron chi connectivity index (χ3n) is 4.80. The molecule has 2 N–H and O–H groups in total. The normalized spacial score (nSPS) is 13.4. The highest BCUT2D eigenvalue weighted by molar-refractivity contribution is 7.18. The maximum absolute atomic E-state index is 12.3. The van der Waals surface area contributed by atoms with Gasteiger partial charge in [0.25, 0.3) is 5.91 Å². The molecule has 2 aromatic heterocycles. The van der Waals surface area contributed by atoms with Gasteiger partial charge in [-0.1, -0.05) is 6.42 Å². The van der Waals surface area contributed by atoms with Crippen molar-refractivity contribution in [2.45, 2.75) is 39.0 Å². The summed E-state index contributed by atoms with van der Waals surface area (Å²) in [5.74, 6) is 0.0635. The number of hydrogen-bond acceptors (Lipinski definition) is 6. The van der Waals surface area contributed by atoms with Gasteiger partial charge in [0.1, 0.15) is 11.2 Å². The molecular weight excluding hydrogens is 388 g/mol. The van der Waals surface area contributed by atoms with Crippen LogP contribution in [-0.2, 0) is 22.4 Å². The summed E-state index contributed by atoms with van der Waals surface area (Å²) in [6.45, 7) is 1.31. The van der Waals surface area contributed by atoms with Gasteiger partial charge in [-0.15, -0.1) is 11.3 Å². The number of aryl methyl sites for hydroxylation is 2. The Bertz CT molecular complexity index is 1050. The standard InChI is InChI=1S/C21H22N4O3S/c1-13(26)24-14-7-9-15(10-8-14)25-18(27)11-28-20-19-16-5-3-2-4-6-17(16)29-21(19)23-12-22-20/h7-10,12H,2-6,11H2,1H3,(H,24,26)(H,25,27). The van der Waals surface area contributed by atoms with Crippen molar-refractivity contribution in [2.24, 2.45) is 0 Å². The van der Waals surface area contributed by atoms with Crippen molar-refractivity contribution in [2.75, 3.05) is 17.2 Å². The molecule has 3 aromatic rings. The van der Waals surface area contributed by atoms with Crippen LogP contribution >= 0.6 is 11.3 Å². The number of fused-ring (bicyclic) bond motifs is 3. The van der Waals surface area contributed by atoms with Crippen molar-refractivity contribution in [3.8, 4) is 5.88 Å². The molecule has 29 heavy (non-hydrogen) atoms. The number of ether oxygens (including phenoxy) is 1. The molecule has 150 valence electrons. The molecule has 4 rings (SSSR count). The number of rotatable bonds is 5. The summed E-state index contributed by atoms with van der Waals surface area (Å²) in [4.78, 5) is 34.4. The third-order valence-corrected chi connectivity index (χ3v) is 6.00. The van der Waals surface area contributed by atoms with E-state index in [4.69, 9.17) is 4.74 Å². The number of carbonyl (C=O) groups is 2. The summed E-state index contributed by atoms with van der Waals surface area (Å²) in [5, 5.41) is 6.44. The van der Waals surface area contributed by atoms with E-state index in [9.17, 15) is 9.59 Å². The van der Waals surface area contributed by atoms with Crippen molar-refractivity contribution in [1.29, 1.82) is 0 Å². The van der Waals surface area contributed by atoms with Crippen molar-refractivity contribution >= 4 is 44.7 Å². The van der Waals surface area contributed by atoms with Crippen LogP contribution in [0.25, 0.3) is 10.2 Å². The molecule has 1 aliphatic carbocycles. The van der Waals surface area contributed by atoms with Crippen LogP contribution in [0.4, 0.5) is 11.4 Å². The lowest BCUT2D eigenvalue weighted by atomic mass is 10.1. The first-order valence-corrected chi connectivity index (χ1v) is 10.5. The molecule has 0 aliphatic heterocycles. The minimum Gasteiger partial charge on any atom is -0.467 e. The number of carbonyl (C=O) groups excluding carboxylic acids is 2. The Labute approximate surface area is 172 Å². The van der Waals surface area contributed by atoms with Gasteiger partial charge in [0.2, 0.25) is 11.8 Å². The quantitative estimate of drug-likeness (QED) is 0.622. The Morgan fingerprint density at radius 2 is 1.76 bits per heavy atom. The zero-order valence-corrected chi connectivity index (χ0v) is 17.0. The molecular formula is C21H22N4O3S. The number of nitrogens with zero attached hydrogens (tertiary/aromatic N) is 2. The van der Waals surface area contributed by atoms with E-state index in [1.54, 1.807) is 35.6 Å². The molecule has 1 aliphatic rings. The number of hydrogen-bond donors (Lipinski definition) is 2. The molecule has 0 radical (unpaired) electrons. The number of benzene rings is 1. The minimum absolute atomic E-state index is 0.135. The number of aromatic nitrogens is 2. The highest BCUT2D eigenvalue weighted by atomic mass is 32.1. The fourth-order valence-electron chi connectivity index (χ4n) is 3.52. The summed E-state index contributed by atoms with van der Waals surface area (Å²) < 4.78 is 5.78. The molecule has 2 heterocycles. The third kappa shape index (κ3) is 4.54. The number of amides is 2. The molecule has 1 aromatic carbocycles. The first-order valence-electron chi connectivity index (χ1n) is 9.65. The van der Waals surface area contributed by atoms with Crippen LogP contribution in [0, 0.1) is 0 Å². The number of anilines is 2. The fraction of sp³-hybridized carbons (Fsp3) is 0.333. The Morgan fingerprint density at radius 1 is 1.03 bits per heavy atom. The minimum atomic E-state index is -0.273. The second-order valence-corrected chi connectivity index (χ2v) is 8.10. The van der Waals surface area contributed by atoms with E-state index in [2.05, 4.69) is 20.6 Å². The van der Waals surface area contributed by atoms with Crippen LogP contribution in [0.5, 0.6) is 5.88 Å². The van der Waals surface area contributed by atoms with Crippen LogP contribution in [0.2, 0.25) is 0 Å². The van der Waals surface area contributed by atoms with Gasteiger partial charge in [0.05, 0.1) is 5.39 Å². The van der Waals surface area contributed by atoms with E-state index >= 15 is 0 Å². The molecule has 0 atom stereocenters. The Morgan fingerprint density at radius 3 is 2.52 bits per heavy atom. The van der Waals surface area contributed by atoms with Crippen molar-refractivity contribution in [3.05, 3.63) is 41.0 Å². The molecule has 0 bridgehead atoms. The van der Waals surface area contributed by atoms with Crippen LogP contribution in [0.1, 0.15) is 36.6 Å². The van der Waals surface area contributed by atoms with Crippen LogP contribution in [0.15, 0.2) is 30.6 Å². The first kappa shape index (κ1) is 19.3. The molecule has 8 heteroatoms. The highest BCUT2D eigenvalue weighted by Crippen LogP contribution is 2.38. The van der Waals surface area contributed by atoms with E-state index in [0.717, 1.165) is 29.5 Å². The van der Waals surface area contributed by atoms with Gasteiger partial charge in [-0.05, 0) is 55.5 Å². The Kier molecular flexibility index (Phi) is 5.71. The Hall–Kier alpha value is -3.00. The second kappa shape index (κ2) is 8.57. The Balaban J connectivity index is 1.43. The monoisotopic (exact) mass is 410 g/mol. The van der Waals surface area contributed by atoms with Gasteiger partial charge < -0.3 is 15.4 Å². The average Bonchev–Trinajstić information content (AvgIpc) is 2.89. The predicted octanol–water partition coefficient (Wildman–Crippen LogP) is 3.94. The molecule has 0 saturated carbocycles. The van der Waals surface area contributed by atoms with Crippen molar-refractivity contribution in [1.82, 2.24) is 9.97 Å². The van der Waals surface area contributed by atoms with Gasteiger partial charge in [0, 0.05) is 23.2 Å². The molecule has 0 saturated heterocycles. The van der Waals surface area contributed by atoms with Crippen LogP contribution < -0.4 is 15.4 Å². The van der Waals surface area contributed by atoms with E-state index in [0.29, 0.717) is 17.3 Å². The van der Waals surface area contributed by atoms with E-state index in [-0.39, 0.29) is 18.4 Å². The summed E-state index contributed by atoms with van der Waals surface area (Å²) in [6, 6.07) is 6.91. The van der Waals surface area contributed by atoms with Gasteiger partial charge in [-0.25, -0.2) is 9.97 Å². The summed E-state index contributed by atoms with van der Waals surface area (Å²) >= 11 is 1.71. The largest absolute Gasteiger partial charge is 0.467 e. The van der Waals surface area contributed by atoms with Crippen LogP contribution in [0.3, 0.4) is 0 Å². The summed E-state index contributed by atoms with van der Waals surface area (Å²) in [5.41, 5.74) is 2.59. The maximum atomic E-state index is 12.3. The van der Waals surface area contributed by atoms with Gasteiger partial charge in [-0.2, -0.15) is 0 Å². The SMILES string of the molecule is CC(=O)Nc1ccc(NC(=O)COc2ncnc3sc4c(c23)CCCCC4)cc1. The van der Waals surface area contributed by atoms with E-state index < -0.39 is 0 Å². The number of nitrogens with one attached hydrogen (secondary N) is 2. The lowest BCUT2D eigenvalue weighted by molar-refractivity contribution is -0.118. The molecule has 2 amide bonds. The smallest absolute Gasteiger partial charge is 0.262 e. The molecule has 0 fully saturated rings. The van der Waals surface area contributed by atoms with Crippen molar-refractivity contribution in [3.63, 3.8) is 0 Å². The maximum Gasteiger partial charge on any atom is 0.262 e. The zero-order valence-electron chi connectivity index (χ0n) is 16.2. The lowest BCUT2D eigenvalue weighted by Crippen LogP contribution is -2.20. The fourth-order valence-corrected chi connectivity index (χ4v) is 4.74. The topological polar surface area (TPSA) is 93.2 Å². The zero-order chi connectivity index (χ0) is 20.2. The van der Waals surface area contributed by atoms with E-state index in [1.807, 2.05) is 0 Å². The summed E-state index contributed by atoms with van der Waals surface area (Å²) in [7, 11) is 0. The first-order chi connectivity index (χ1) is 14.1. The van der Waals surface area contributed by atoms with Crippen molar-refractivity contribution < 1.29 is 14.3 Å². The van der Waals surface area contributed by atoms with Gasteiger partial charge >= 0.3 is 0 Å². The summed E-state index contributed by atoms with van der Waals surface area (Å²) in [6.07, 6.45) is 7.16. The predicted molar refractivity (Wildman–Crippen MR) is 114 cm³/mol. The van der Waals surface area contributed by atoms with Crippen LogP contribution in [-0.4, -0.2) is 28.4 Å². The van der Waals surface area contributed by atoms with E-state index in [1.165, 1.54) is 36.5 Å². The molecule has 0 unspecified atom stereocenters. The number of thiophene rings is 1.